The number of rotatable bonds is 6. The van der Waals surface area contributed by atoms with Gasteiger partial charge in [-0.2, -0.15) is 4.98 Å². The van der Waals surface area contributed by atoms with Crippen LogP contribution in [0.25, 0.3) is 33.4 Å². The van der Waals surface area contributed by atoms with E-state index in [1.807, 2.05) is 68.1 Å². The van der Waals surface area contributed by atoms with Crippen molar-refractivity contribution in [2.75, 3.05) is 29.9 Å². The second-order valence-electron chi connectivity index (χ2n) is 10.8. The monoisotopic (exact) mass is 552 g/mol. The number of aryl methyl sites for hydroxylation is 1. The fraction of sp³-hybridized carbons (Fsp3) is 0.290. The number of imidazole rings is 1. The Morgan fingerprint density at radius 3 is 2.54 bits per heavy atom. The molecular formula is C31H33FN8O. The van der Waals surface area contributed by atoms with E-state index in [-0.39, 0.29) is 23.5 Å². The van der Waals surface area contributed by atoms with E-state index in [1.165, 1.54) is 6.07 Å². The Morgan fingerprint density at radius 2 is 1.85 bits per heavy atom. The minimum absolute atomic E-state index is 0.133. The van der Waals surface area contributed by atoms with Crippen LogP contribution in [-0.2, 0) is 7.05 Å². The summed E-state index contributed by atoms with van der Waals surface area (Å²) >= 11 is 0. The molecule has 41 heavy (non-hydrogen) atoms. The second kappa shape index (κ2) is 10.8. The molecule has 210 valence electrons. The lowest BCUT2D eigenvalue weighted by molar-refractivity contribution is 0.491. The third-order valence-electron chi connectivity index (χ3n) is 7.61. The molecule has 1 fully saturated rings. The van der Waals surface area contributed by atoms with Gasteiger partial charge in [0.1, 0.15) is 11.5 Å². The Kier molecular flexibility index (Phi) is 7.00. The summed E-state index contributed by atoms with van der Waals surface area (Å²) in [6.07, 6.45) is 5.27. The first-order valence-corrected chi connectivity index (χ1v) is 13.8. The highest BCUT2D eigenvalue weighted by molar-refractivity contribution is 5.82. The van der Waals surface area contributed by atoms with Crippen LogP contribution in [0.3, 0.4) is 0 Å². The topological polar surface area (TPSA) is 92.9 Å². The van der Waals surface area contributed by atoms with Gasteiger partial charge in [0.05, 0.1) is 23.9 Å². The van der Waals surface area contributed by atoms with Crippen LogP contribution in [0.4, 0.5) is 21.7 Å². The van der Waals surface area contributed by atoms with Crippen LogP contribution in [0.15, 0.2) is 72.0 Å². The third kappa shape index (κ3) is 5.06. The van der Waals surface area contributed by atoms with E-state index in [2.05, 4.69) is 37.4 Å². The smallest absolute Gasteiger partial charge is 0.260 e. The van der Waals surface area contributed by atoms with Gasteiger partial charge in [0.15, 0.2) is 0 Å². The quantitative estimate of drug-likeness (QED) is 0.302. The zero-order valence-corrected chi connectivity index (χ0v) is 23.6. The van der Waals surface area contributed by atoms with Gasteiger partial charge < -0.3 is 20.1 Å². The predicted molar refractivity (Wildman–Crippen MR) is 161 cm³/mol. The van der Waals surface area contributed by atoms with Crippen LogP contribution in [0, 0.1) is 5.82 Å². The largest absolute Gasteiger partial charge is 0.364 e. The van der Waals surface area contributed by atoms with Crippen molar-refractivity contribution in [2.24, 2.45) is 7.05 Å². The summed E-state index contributed by atoms with van der Waals surface area (Å²) in [5, 5.41) is 7.19. The number of hydrogen-bond donors (Lipinski definition) is 2. The normalized spacial score (nSPS) is 15.6. The highest BCUT2D eigenvalue weighted by atomic mass is 19.1. The van der Waals surface area contributed by atoms with Crippen molar-refractivity contribution < 1.29 is 4.39 Å². The van der Waals surface area contributed by atoms with E-state index >= 15 is 4.39 Å². The minimum Gasteiger partial charge on any atom is -0.364 e. The fourth-order valence-corrected chi connectivity index (χ4v) is 5.47. The van der Waals surface area contributed by atoms with Crippen molar-refractivity contribution in [3.63, 3.8) is 0 Å². The number of nitrogens with zero attached hydrogens (tertiary/aromatic N) is 6. The summed E-state index contributed by atoms with van der Waals surface area (Å²) in [4.78, 5) is 29.2. The van der Waals surface area contributed by atoms with Gasteiger partial charge in [0.25, 0.3) is 5.56 Å². The van der Waals surface area contributed by atoms with Gasteiger partial charge >= 0.3 is 0 Å². The first-order chi connectivity index (χ1) is 19.8. The number of nitrogens with one attached hydrogen (secondary N) is 2. The Labute approximate surface area is 237 Å². The SMILES string of the molecule is CC1CNCCN1c1ccc(Nc2ncc3cc(-c4ccc(-c5cncn5C)cc4)c(=O)n(C(C)C)c3n2)cc1F. The van der Waals surface area contributed by atoms with Crippen molar-refractivity contribution in [2.45, 2.75) is 32.9 Å². The molecule has 3 aromatic heterocycles. The van der Waals surface area contributed by atoms with E-state index in [1.54, 1.807) is 23.2 Å². The Bertz CT molecular complexity index is 1780. The lowest BCUT2D eigenvalue weighted by atomic mass is 10.0. The molecule has 4 heterocycles. The second-order valence-corrected chi connectivity index (χ2v) is 10.8. The zero-order valence-electron chi connectivity index (χ0n) is 23.6. The molecule has 1 saturated heterocycles. The van der Waals surface area contributed by atoms with Gasteiger partial charge in [-0.15, -0.1) is 0 Å². The molecule has 10 heteroatoms. The first-order valence-electron chi connectivity index (χ1n) is 13.8. The maximum atomic E-state index is 15.1. The molecule has 5 aromatic rings. The Hall–Kier alpha value is -4.57. The van der Waals surface area contributed by atoms with E-state index < -0.39 is 0 Å². The number of fused-ring (bicyclic) bond motifs is 1. The lowest BCUT2D eigenvalue weighted by Gasteiger charge is -2.36. The third-order valence-corrected chi connectivity index (χ3v) is 7.61. The number of anilines is 3. The molecule has 1 unspecified atom stereocenters. The highest BCUT2D eigenvalue weighted by Crippen LogP contribution is 2.28. The summed E-state index contributed by atoms with van der Waals surface area (Å²) in [6.45, 7) is 8.39. The van der Waals surface area contributed by atoms with Crippen LogP contribution in [0.1, 0.15) is 26.8 Å². The number of hydrogen-bond acceptors (Lipinski definition) is 7. The van der Waals surface area contributed by atoms with E-state index in [0.717, 1.165) is 41.8 Å². The number of pyridine rings is 1. The molecular weight excluding hydrogens is 519 g/mol. The number of halogens is 1. The van der Waals surface area contributed by atoms with Gasteiger partial charge in [-0.05, 0) is 56.2 Å². The zero-order chi connectivity index (χ0) is 28.7. The number of aromatic nitrogens is 5. The van der Waals surface area contributed by atoms with Crippen LogP contribution in [0.5, 0.6) is 0 Å². The summed E-state index contributed by atoms with van der Waals surface area (Å²) in [5.74, 6) is -0.00930. The molecule has 0 radical (unpaired) electrons. The molecule has 1 aliphatic heterocycles. The highest BCUT2D eigenvalue weighted by Gasteiger charge is 2.21. The number of benzene rings is 2. The van der Waals surface area contributed by atoms with Crippen LogP contribution in [0.2, 0.25) is 0 Å². The summed E-state index contributed by atoms with van der Waals surface area (Å²) in [7, 11) is 1.95. The van der Waals surface area contributed by atoms with Crippen molar-refractivity contribution >= 4 is 28.4 Å². The summed E-state index contributed by atoms with van der Waals surface area (Å²) in [6, 6.07) is 14.9. The number of piperazine rings is 1. The van der Waals surface area contributed by atoms with Gasteiger partial charge in [0.2, 0.25) is 5.95 Å². The van der Waals surface area contributed by atoms with Crippen molar-refractivity contribution in [1.29, 1.82) is 0 Å². The predicted octanol–water partition coefficient (Wildman–Crippen LogP) is 5.12. The Morgan fingerprint density at radius 1 is 1.07 bits per heavy atom. The van der Waals surface area contributed by atoms with E-state index in [9.17, 15) is 4.79 Å². The maximum absolute atomic E-state index is 15.1. The molecule has 9 nitrogen and oxygen atoms in total. The molecule has 0 saturated carbocycles. The molecule has 1 aliphatic rings. The molecule has 0 amide bonds. The van der Waals surface area contributed by atoms with Crippen molar-refractivity contribution in [1.82, 2.24) is 29.4 Å². The molecule has 2 N–H and O–H groups in total. The summed E-state index contributed by atoms with van der Waals surface area (Å²) < 4.78 is 18.8. The first kappa shape index (κ1) is 26.6. The molecule has 0 aliphatic carbocycles. The standard InChI is InChI=1S/C31H33FN8O/c1-19(2)40-29-23(13-25(30(40)41)21-5-7-22(8-6-21)28-17-34-18-38(28)4)16-35-31(37-29)36-24-9-10-27(26(32)14-24)39-12-11-33-15-20(39)3/h5-10,13-14,16-20,33H,11-12,15H2,1-4H3,(H,35,36,37). The molecule has 0 spiro atoms. The molecule has 0 bridgehead atoms. The van der Waals surface area contributed by atoms with Crippen LogP contribution >= 0.6 is 0 Å². The lowest BCUT2D eigenvalue weighted by Crippen LogP contribution is -2.50. The van der Waals surface area contributed by atoms with E-state index in [4.69, 9.17) is 0 Å². The molecule has 6 rings (SSSR count). The Balaban J connectivity index is 1.32. The summed E-state index contributed by atoms with van der Waals surface area (Å²) in [5.41, 5.74) is 4.91. The van der Waals surface area contributed by atoms with E-state index in [0.29, 0.717) is 28.5 Å². The maximum Gasteiger partial charge on any atom is 0.260 e. The fourth-order valence-electron chi connectivity index (χ4n) is 5.47. The van der Waals surface area contributed by atoms with Gasteiger partial charge in [-0.25, -0.2) is 14.4 Å². The molecule has 1 atom stereocenters. The van der Waals surface area contributed by atoms with Gasteiger partial charge in [-0.1, -0.05) is 24.3 Å². The van der Waals surface area contributed by atoms with Gasteiger partial charge in [0, 0.05) is 61.6 Å². The van der Waals surface area contributed by atoms with Crippen molar-refractivity contribution in [3.05, 3.63) is 83.4 Å². The van der Waals surface area contributed by atoms with Gasteiger partial charge in [-0.3, -0.25) is 9.36 Å². The van der Waals surface area contributed by atoms with Crippen LogP contribution in [-0.4, -0.2) is 49.8 Å². The average Bonchev–Trinajstić information content (AvgIpc) is 3.39. The van der Waals surface area contributed by atoms with Crippen LogP contribution < -0.4 is 21.1 Å². The van der Waals surface area contributed by atoms with Crippen molar-refractivity contribution in [3.8, 4) is 22.4 Å². The average molecular weight is 553 g/mol. The minimum atomic E-state index is -0.303. The molecule has 2 aromatic carbocycles.